The Morgan fingerprint density at radius 3 is 2.68 bits per heavy atom. The molecule has 0 bridgehead atoms. The molecule has 0 saturated heterocycles. The maximum absolute atomic E-state index is 6.52. The number of fused-ring (bicyclic) bond motifs is 2. The van der Waals surface area contributed by atoms with E-state index in [0.717, 1.165) is 36.9 Å². The molecule has 0 amide bonds. The maximum Gasteiger partial charge on any atom is 0.0387 e. The van der Waals surface area contributed by atoms with Crippen LogP contribution in [0.4, 0.5) is 0 Å². The van der Waals surface area contributed by atoms with Gasteiger partial charge in [-0.2, -0.15) is 0 Å². The van der Waals surface area contributed by atoms with Crippen LogP contribution in [0.5, 0.6) is 0 Å². The van der Waals surface area contributed by atoms with E-state index in [1.165, 1.54) is 39.0 Å². The van der Waals surface area contributed by atoms with Gasteiger partial charge < -0.3 is 5.73 Å². The molecule has 0 saturated carbocycles. The van der Waals surface area contributed by atoms with Gasteiger partial charge in [0, 0.05) is 17.5 Å². The third-order valence-corrected chi connectivity index (χ3v) is 8.26. The minimum Gasteiger partial charge on any atom is -0.398 e. The lowest BCUT2D eigenvalue weighted by Crippen LogP contribution is -2.16. The van der Waals surface area contributed by atoms with Crippen molar-refractivity contribution in [2.24, 2.45) is 23.5 Å². The summed E-state index contributed by atoms with van der Waals surface area (Å²) in [4.78, 5) is 0. The van der Waals surface area contributed by atoms with Crippen LogP contribution in [0.1, 0.15) is 42.9 Å². The van der Waals surface area contributed by atoms with Crippen LogP contribution in [0.15, 0.2) is 126 Å². The van der Waals surface area contributed by atoms with Crippen molar-refractivity contribution in [3.05, 3.63) is 143 Å². The van der Waals surface area contributed by atoms with Gasteiger partial charge in [-0.1, -0.05) is 110 Å². The molecule has 2 aromatic carbocycles. The summed E-state index contributed by atoms with van der Waals surface area (Å²) in [6.07, 6.45) is 31.7. The lowest BCUT2D eigenvalue weighted by atomic mass is 9.76. The maximum atomic E-state index is 6.52. The SMILES string of the molecule is C[C@@H]1C=CCC/C1=C/C=C(\N)c1cccc(-c2ccc3c(c2)C=C[C@H](C2=C4C=CC=C[C@@H]4CC=C2)C3)c1. The largest absolute Gasteiger partial charge is 0.398 e. The Bertz CT molecular complexity index is 1450. The van der Waals surface area contributed by atoms with Gasteiger partial charge in [-0.15, -0.1) is 0 Å². The highest BCUT2D eigenvalue weighted by Gasteiger charge is 2.24. The topological polar surface area (TPSA) is 26.0 Å². The van der Waals surface area contributed by atoms with Gasteiger partial charge >= 0.3 is 0 Å². The van der Waals surface area contributed by atoms with Crippen molar-refractivity contribution in [1.29, 1.82) is 0 Å². The van der Waals surface area contributed by atoms with Gasteiger partial charge in [0.25, 0.3) is 0 Å². The van der Waals surface area contributed by atoms with Crippen LogP contribution in [0, 0.1) is 17.8 Å². The lowest BCUT2D eigenvalue weighted by Gasteiger charge is -2.28. The molecule has 184 valence electrons. The first-order valence-corrected chi connectivity index (χ1v) is 13.7. The summed E-state index contributed by atoms with van der Waals surface area (Å²) in [5.41, 5.74) is 18.0. The zero-order valence-electron chi connectivity index (χ0n) is 21.6. The quantitative estimate of drug-likeness (QED) is 0.434. The predicted molar refractivity (Wildman–Crippen MR) is 158 cm³/mol. The van der Waals surface area contributed by atoms with E-state index in [1.807, 2.05) is 0 Å². The smallest absolute Gasteiger partial charge is 0.0387 e. The molecule has 3 atom stereocenters. The molecule has 4 aliphatic rings. The highest BCUT2D eigenvalue weighted by molar-refractivity contribution is 5.75. The van der Waals surface area contributed by atoms with E-state index in [-0.39, 0.29) is 0 Å². The van der Waals surface area contributed by atoms with Gasteiger partial charge in [-0.25, -0.2) is 0 Å². The number of hydrogen-bond donors (Lipinski definition) is 1. The fourth-order valence-electron chi connectivity index (χ4n) is 6.04. The van der Waals surface area contributed by atoms with Gasteiger partial charge in [0.1, 0.15) is 0 Å². The number of nitrogens with two attached hydrogens (primary N) is 1. The average molecular weight is 482 g/mol. The summed E-state index contributed by atoms with van der Waals surface area (Å²) in [7, 11) is 0. The minimum atomic E-state index is 0.438. The Kier molecular flexibility index (Phi) is 6.53. The molecule has 1 heteroatoms. The van der Waals surface area contributed by atoms with Crippen LogP contribution in [0.3, 0.4) is 0 Å². The van der Waals surface area contributed by atoms with Gasteiger partial charge in [0.05, 0.1) is 0 Å². The standard InChI is InChI=1S/C36H35N/c1-25-8-2-3-9-26(25)20-21-36(37)33-13-6-12-28(24-33)29-16-17-31-23-32(19-18-30(31)22-29)35-15-7-11-27-10-4-5-14-34(27)35/h2,4-8,10,12-22,24-25,27,32H,3,9,11,23,37H2,1H3/b26-20-,36-21-/t25-,27-,32+/m1/s1. The summed E-state index contributed by atoms with van der Waals surface area (Å²) < 4.78 is 0. The first-order valence-electron chi connectivity index (χ1n) is 13.7. The van der Waals surface area contributed by atoms with Crippen LogP contribution >= 0.6 is 0 Å². The highest BCUT2D eigenvalue weighted by Crippen LogP contribution is 2.38. The van der Waals surface area contributed by atoms with Crippen molar-refractivity contribution in [3.8, 4) is 11.1 Å². The second-order valence-corrected chi connectivity index (χ2v) is 10.7. The Morgan fingerprint density at radius 2 is 1.76 bits per heavy atom. The fraction of sp³-hybridized carbons (Fsp3) is 0.222. The second-order valence-electron chi connectivity index (χ2n) is 10.7. The van der Waals surface area contributed by atoms with E-state index in [9.17, 15) is 0 Å². The van der Waals surface area contributed by atoms with Crippen molar-refractivity contribution >= 4 is 11.8 Å². The first-order chi connectivity index (χ1) is 18.2. The number of benzene rings is 2. The monoisotopic (exact) mass is 481 g/mol. The van der Waals surface area contributed by atoms with Crippen molar-refractivity contribution in [1.82, 2.24) is 0 Å². The van der Waals surface area contributed by atoms with Crippen LogP contribution in [0.2, 0.25) is 0 Å². The molecular formula is C36H35N. The summed E-state index contributed by atoms with van der Waals surface area (Å²) in [6.45, 7) is 2.25. The van der Waals surface area contributed by atoms with Crippen LogP contribution in [-0.2, 0) is 6.42 Å². The number of allylic oxidation sites excluding steroid dienone is 14. The molecule has 1 nitrogen and oxygen atoms in total. The first kappa shape index (κ1) is 23.6. The molecule has 2 N–H and O–H groups in total. The van der Waals surface area contributed by atoms with Gasteiger partial charge in [0.2, 0.25) is 0 Å². The fourth-order valence-corrected chi connectivity index (χ4v) is 6.04. The number of rotatable bonds is 4. The number of hydrogen-bond acceptors (Lipinski definition) is 1. The molecule has 6 rings (SSSR count). The molecule has 0 unspecified atom stereocenters. The Labute approximate surface area is 221 Å². The van der Waals surface area contributed by atoms with E-state index in [4.69, 9.17) is 5.73 Å². The molecule has 2 aromatic rings. The normalized spacial score (nSPS) is 25.5. The third kappa shape index (κ3) is 4.91. The highest BCUT2D eigenvalue weighted by atomic mass is 14.6. The average Bonchev–Trinajstić information content (AvgIpc) is 2.96. The van der Waals surface area contributed by atoms with Crippen LogP contribution in [0.25, 0.3) is 22.9 Å². The zero-order chi connectivity index (χ0) is 25.2. The second kappa shape index (κ2) is 10.3. The summed E-state index contributed by atoms with van der Waals surface area (Å²) in [5, 5.41) is 0. The third-order valence-electron chi connectivity index (χ3n) is 8.26. The van der Waals surface area contributed by atoms with Crippen molar-refractivity contribution < 1.29 is 0 Å². The van der Waals surface area contributed by atoms with Crippen molar-refractivity contribution in [3.63, 3.8) is 0 Å². The van der Waals surface area contributed by atoms with Gasteiger partial charge in [0.15, 0.2) is 0 Å². The summed E-state index contributed by atoms with van der Waals surface area (Å²) >= 11 is 0. The molecular weight excluding hydrogens is 446 g/mol. The van der Waals surface area contributed by atoms with Gasteiger partial charge in [-0.05, 0) is 88.8 Å². The van der Waals surface area contributed by atoms with E-state index in [0.29, 0.717) is 17.8 Å². The van der Waals surface area contributed by atoms with Crippen LogP contribution < -0.4 is 5.73 Å². The van der Waals surface area contributed by atoms with E-state index >= 15 is 0 Å². The predicted octanol–water partition coefficient (Wildman–Crippen LogP) is 8.75. The van der Waals surface area contributed by atoms with Crippen molar-refractivity contribution in [2.45, 2.75) is 32.6 Å². The molecule has 37 heavy (non-hydrogen) atoms. The summed E-state index contributed by atoms with van der Waals surface area (Å²) in [6, 6.07) is 15.5. The molecule has 4 aliphatic carbocycles. The molecule has 0 spiro atoms. The summed E-state index contributed by atoms with van der Waals surface area (Å²) in [5.74, 6) is 1.47. The van der Waals surface area contributed by atoms with E-state index in [1.54, 1.807) is 0 Å². The van der Waals surface area contributed by atoms with E-state index in [2.05, 4.69) is 122 Å². The lowest BCUT2D eigenvalue weighted by molar-refractivity contribution is 0.697. The Balaban J connectivity index is 1.23. The van der Waals surface area contributed by atoms with E-state index < -0.39 is 0 Å². The van der Waals surface area contributed by atoms with Crippen molar-refractivity contribution in [2.75, 3.05) is 0 Å². The van der Waals surface area contributed by atoms with Gasteiger partial charge in [-0.3, -0.25) is 0 Å². The molecule has 0 aliphatic heterocycles. The van der Waals surface area contributed by atoms with Crippen LogP contribution in [-0.4, -0.2) is 0 Å². The molecule has 0 fully saturated rings. The zero-order valence-corrected chi connectivity index (χ0v) is 21.6. The Hall–Kier alpha value is -3.84. The Morgan fingerprint density at radius 1 is 0.865 bits per heavy atom. The molecule has 0 radical (unpaired) electrons. The minimum absolute atomic E-state index is 0.438. The molecule has 0 heterocycles. The molecule has 0 aromatic heterocycles.